The lowest BCUT2D eigenvalue weighted by atomic mass is 10.2. The molecule has 4 nitrogen and oxygen atoms in total. The van der Waals surface area contributed by atoms with E-state index < -0.39 is 17.7 Å². The first kappa shape index (κ1) is 13.7. The van der Waals surface area contributed by atoms with E-state index in [-0.39, 0.29) is 12.2 Å². The van der Waals surface area contributed by atoms with Gasteiger partial charge in [-0.15, -0.1) is 11.3 Å². The molecule has 2 aromatic rings. The van der Waals surface area contributed by atoms with E-state index in [2.05, 4.69) is 4.98 Å². The van der Waals surface area contributed by atoms with Gasteiger partial charge < -0.3 is 4.74 Å². The molecule has 1 aliphatic rings. The number of halogens is 2. The predicted molar refractivity (Wildman–Crippen MR) is 73.2 cm³/mol. The topological polar surface area (TPSA) is 42.4 Å². The summed E-state index contributed by atoms with van der Waals surface area (Å²) < 4.78 is 31.5. The van der Waals surface area contributed by atoms with Crippen LogP contribution in [0.2, 0.25) is 0 Å². The Balaban J connectivity index is 1.64. The molecular formula is C14H10F2N2O2S. The Morgan fingerprint density at radius 3 is 3.14 bits per heavy atom. The molecule has 108 valence electrons. The molecule has 1 aromatic carbocycles. The first-order chi connectivity index (χ1) is 10.1. The van der Waals surface area contributed by atoms with Crippen LogP contribution in [0.1, 0.15) is 16.1 Å². The van der Waals surface area contributed by atoms with Gasteiger partial charge in [0.15, 0.2) is 11.6 Å². The zero-order valence-corrected chi connectivity index (χ0v) is 11.6. The second-order valence-electron chi connectivity index (χ2n) is 4.37. The average Bonchev–Trinajstić information content (AvgIpc) is 2.96. The van der Waals surface area contributed by atoms with Crippen LogP contribution in [0.15, 0.2) is 29.9 Å². The molecule has 0 saturated heterocycles. The SMILES string of the molecule is O=C(OCc1cccc(F)c1F)N1C=Cc2ncsc2C1. The van der Waals surface area contributed by atoms with Gasteiger partial charge in [-0.05, 0) is 12.1 Å². The first-order valence-corrected chi connectivity index (χ1v) is 7.00. The van der Waals surface area contributed by atoms with Gasteiger partial charge in [0.1, 0.15) is 6.61 Å². The van der Waals surface area contributed by atoms with E-state index in [0.717, 1.165) is 16.6 Å². The summed E-state index contributed by atoms with van der Waals surface area (Å²) in [6.07, 6.45) is 2.65. The van der Waals surface area contributed by atoms with E-state index in [1.807, 2.05) is 0 Å². The summed E-state index contributed by atoms with van der Waals surface area (Å²) in [7, 11) is 0. The Kier molecular flexibility index (Phi) is 3.66. The van der Waals surface area contributed by atoms with Crippen molar-refractivity contribution in [2.24, 2.45) is 0 Å². The number of thiazole rings is 1. The highest BCUT2D eigenvalue weighted by atomic mass is 32.1. The number of hydrogen-bond acceptors (Lipinski definition) is 4. The van der Waals surface area contributed by atoms with E-state index in [4.69, 9.17) is 4.74 Å². The molecule has 1 amide bonds. The second-order valence-corrected chi connectivity index (χ2v) is 5.31. The molecule has 1 aromatic heterocycles. The van der Waals surface area contributed by atoms with Gasteiger partial charge in [0.05, 0.1) is 22.6 Å². The van der Waals surface area contributed by atoms with E-state index in [1.54, 1.807) is 17.8 Å². The van der Waals surface area contributed by atoms with Crippen molar-refractivity contribution in [3.63, 3.8) is 0 Å². The molecule has 2 heterocycles. The van der Waals surface area contributed by atoms with E-state index >= 15 is 0 Å². The predicted octanol–water partition coefficient (Wildman–Crippen LogP) is 3.54. The third kappa shape index (κ3) is 2.78. The zero-order chi connectivity index (χ0) is 14.8. The van der Waals surface area contributed by atoms with Gasteiger partial charge in [0, 0.05) is 11.8 Å². The molecule has 0 radical (unpaired) electrons. The quantitative estimate of drug-likeness (QED) is 0.852. The number of aromatic nitrogens is 1. The minimum Gasteiger partial charge on any atom is -0.444 e. The highest BCUT2D eigenvalue weighted by Crippen LogP contribution is 2.23. The molecule has 0 bridgehead atoms. The number of hydrogen-bond donors (Lipinski definition) is 0. The number of carbonyl (C=O) groups is 1. The molecule has 1 aliphatic heterocycles. The van der Waals surface area contributed by atoms with Crippen LogP contribution in [0, 0.1) is 11.6 Å². The number of fused-ring (bicyclic) bond motifs is 1. The Bertz CT molecular complexity index is 715. The molecule has 0 spiro atoms. The van der Waals surface area contributed by atoms with Crippen LogP contribution in [0.4, 0.5) is 13.6 Å². The minimum absolute atomic E-state index is 0.00261. The summed E-state index contributed by atoms with van der Waals surface area (Å²) in [5.41, 5.74) is 2.54. The lowest BCUT2D eigenvalue weighted by Gasteiger charge is -2.20. The smallest absolute Gasteiger partial charge is 0.414 e. The normalized spacial score (nSPS) is 13.1. The Labute approximate surface area is 123 Å². The molecule has 0 unspecified atom stereocenters. The van der Waals surface area contributed by atoms with Crippen molar-refractivity contribution in [3.8, 4) is 0 Å². The number of benzene rings is 1. The van der Waals surface area contributed by atoms with E-state index in [1.165, 1.54) is 28.4 Å². The summed E-state index contributed by atoms with van der Waals surface area (Å²) in [5.74, 6) is -1.96. The molecule has 0 fully saturated rings. The first-order valence-electron chi connectivity index (χ1n) is 6.12. The van der Waals surface area contributed by atoms with Gasteiger partial charge in [-0.3, -0.25) is 4.90 Å². The number of amides is 1. The number of rotatable bonds is 2. The Morgan fingerprint density at radius 2 is 2.29 bits per heavy atom. The van der Waals surface area contributed by atoms with Crippen LogP contribution in [0.5, 0.6) is 0 Å². The van der Waals surface area contributed by atoms with Gasteiger partial charge in [-0.25, -0.2) is 18.6 Å². The van der Waals surface area contributed by atoms with Gasteiger partial charge in [0.25, 0.3) is 0 Å². The summed E-state index contributed by atoms with van der Waals surface area (Å²) in [6, 6.07) is 3.75. The van der Waals surface area contributed by atoms with Crippen LogP contribution in [-0.4, -0.2) is 16.0 Å². The number of ether oxygens (including phenoxy) is 1. The Hall–Kier alpha value is -2.28. The van der Waals surface area contributed by atoms with E-state index in [0.29, 0.717) is 6.54 Å². The van der Waals surface area contributed by atoms with Gasteiger partial charge >= 0.3 is 6.09 Å². The fourth-order valence-corrected chi connectivity index (χ4v) is 2.66. The highest BCUT2D eigenvalue weighted by Gasteiger charge is 2.20. The van der Waals surface area contributed by atoms with Crippen LogP contribution in [-0.2, 0) is 17.9 Å². The van der Waals surface area contributed by atoms with Crippen LogP contribution in [0.3, 0.4) is 0 Å². The molecular weight excluding hydrogens is 298 g/mol. The molecule has 7 heteroatoms. The largest absolute Gasteiger partial charge is 0.444 e. The number of carbonyl (C=O) groups excluding carboxylic acids is 1. The van der Waals surface area contributed by atoms with Crippen LogP contribution >= 0.6 is 11.3 Å². The fourth-order valence-electron chi connectivity index (χ4n) is 1.91. The zero-order valence-electron chi connectivity index (χ0n) is 10.8. The third-order valence-electron chi connectivity index (χ3n) is 3.02. The lowest BCUT2D eigenvalue weighted by Crippen LogP contribution is -2.27. The second kappa shape index (κ2) is 5.61. The average molecular weight is 308 g/mol. The molecule has 21 heavy (non-hydrogen) atoms. The minimum atomic E-state index is -0.996. The highest BCUT2D eigenvalue weighted by molar-refractivity contribution is 7.09. The summed E-state index contributed by atoms with van der Waals surface area (Å²) in [4.78, 5) is 18.4. The van der Waals surface area contributed by atoms with Crippen molar-refractivity contribution in [2.75, 3.05) is 0 Å². The molecule has 0 aliphatic carbocycles. The maximum atomic E-state index is 13.4. The summed E-state index contributed by atoms with van der Waals surface area (Å²) >= 11 is 1.44. The van der Waals surface area contributed by atoms with Gasteiger partial charge in [-0.2, -0.15) is 0 Å². The fraction of sp³-hybridized carbons (Fsp3) is 0.143. The molecule has 0 N–H and O–H groups in total. The van der Waals surface area contributed by atoms with Gasteiger partial charge in [-0.1, -0.05) is 12.1 Å². The standard InChI is InChI=1S/C14H10F2N2O2S/c15-10-3-1-2-9(13(10)16)7-20-14(19)18-5-4-11-12(6-18)21-8-17-11/h1-5,8H,6-7H2. The van der Waals surface area contributed by atoms with Crippen molar-refractivity contribution in [1.29, 1.82) is 0 Å². The Morgan fingerprint density at radius 1 is 1.43 bits per heavy atom. The summed E-state index contributed by atoms with van der Waals surface area (Å²) in [6.45, 7) is 0.0449. The van der Waals surface area contributed by atoms with Crippen molar-refractivity contribution in [3.05, 3.63) is 57.7 Å². The third-order valence-corrected chi connectivity index (χ3v) is 3.85. The van der Waals surface area contributed by atoms with Crippen molar-refractivity contribution < 1.29 is 18.3 Å². The van der Waals surface area contributed by atoms with Gasteiger partial charge in [0.2, 0.25) is 0 Å². The summed E-state index contributed by atoms with van der Waals surface area (Å²) in [5, 5.41) is 0. The van der Waals surface area contributed by atoms with Crippen molar-refractivity contribution in [2.45, 2.75) is 13.2 Å². The van der Waals surface area contributed by atoms with Crippen LogP contribution in [0.25, 0.3) is 6.08 Å². The molecule has 0 saturated carbocycles. The molecule has 3 rings (SSSR count). The van der Waals surface area contributed by atoms with Crippen molar-refractivity contribution in [1.82, 2.24) is 9.88 Å². The van der Waals surface area contributed by atoms with E-state index in [9.17, 15) is 13.6 Å². The lowest BCUT2D eigenvalue weighted by molar-refractivity contribution is 0.107. The van der Waals surface area contributed by atoms with Crippen LogP contribution < -0.4 is 0 Å². The van der Waals surface area contributed by atoms with Crippen molar-refractivity contribution >= 4 is 23.5 Å². The monoisotopic (exact) mass is 308 g/mol. The maximum Gasteiger partial charge on any atom is 0.414 e. The molecule has 0 atom stereocenters. The number of nitrogens with zero attached hydrogens (tertiary/aromatic N) is 2. The maximum absolute atomic E-state index is 13.4.